The number of aryl methyl sites for hydroxylation is 1. The van der Waals surface area contributed by atoms with Gasteiger partial charge in [0.2, 0.25) is 0 Å². The van der Waals surface area contributed by atoms with Crippen molar-refractivity contribution in [2.75, 3.05) is 13.2 Å². The van der Waals surface area contributed by atoms with Crippen LogP contribution in [0, 0.1) is 6.92 Å². The quantitative estimate of drug-likeness (QED) is 0.603. The number of ether oxygens (including phenoxy) is 1. The van der Waals surface area contributed by atoms with Gasteiger partial charge in [-0.05, 0) is 6.92 Å². The molecule has 1 aliphatic heterocycles. The van der Waals surface area contributed by atoms with Gasteiger partial charge < -0.3 is 10.1 Å². The van der Waals surface area contributed by atoms with Gasteiger partial charge in [-0.15, -0.1) is 0 Å². The predicted molar refractivity (Wildman–Crippen MR) is 64.2 cm³/mol. The molecule has 100 valence electrons. The number of nitrogens with zero attached hydrogens (tertiary/aromatic N) is 1. The van der Waals surface area contributed by atoms with Crippen LogP contribution in [0.1, 0.15) is 5.56 Å². The summed E-state index contributed by atoms with van der Waals surface area (Å²) in [5.41, 5.74) is -1.44. The van der Waals surface area contributed by atoms with Crippen LogP contribution in [-0.2, 0) is 14.3 Å². The minimum Gasteiger partial charge on any atom is -0.359 e. The molecule has 1 aromatic rings. The van der Waals surface area contributed by atoms with Crippen molar-refractivity contribution in [2.45, 2.75) is 13.0 Å². The summed E-state index contributed by atoms with van der Waals surface area (Å²) in [6.45, 7) is 2.03. The van der Waals surface area contributed by atoms with Gasteiger partial charge in [0.1, 0.15) is 5.94 Å². The number of rotatable bonds is 2. The average Bonchev–Trinajstić information content (AvgIpc) is 2.38. The number of carbonyl (C=O) groups is 1. The van der Waals surface area contributed by atoms with Crippen LogP contribution in [-0.4, -0.2) is 40.7 Å². The number of aromatic amines is 1. The van der Waals surface area contributed by atoms with E-state index >= 15 is 0 Å². The number of hydrogen-bond acceptors (Lipinski definition) is 5. The maximum absolute atomic E-state index is 11.7. The van der Waals surface area contributed by atoms with Gasteiger partial charge in [-0.2, -0.15) is 0 Å². The number of carbonyl (C=O) groups excluding carboxylic acids is 2. The minimum atomic E-state index is -1.21. The van der Waals surface area contributed by atoms with Crippen molar-refractivity contribution >= 4 is 17.5 Å². The zero-order valence-corrected chi connectivity index (χ0v) is 10.1. The van der Waals surface area contributed by atoms with Gasteiger partial charge in [-0.1, -0.05) is 0 Å². The van der Waals surface area contributed by atoms with Gasteiger partial charge in [0.05, 0.1) is 6.61 Å². The monoisotopic (exact) mass is 265 g/mol. The molecule has 2 heterocycles. The molecule has 1 aliphatic rings. The molecule has 2 N–H and O–H groups in total. The van der Waals surface area contributed by atoms with Crippen LogP contribution in [0.3, 0.4) is 0 Å². The largest absolute Gasteiger partial charge is 0.359 e. The van der Waals surface area contributed by atoms with E-state index in [2.05, 4.69) is 5.32 Å². The highest BCUT2D eigenvalue weighted by atomic mass is 16.5. The summed E-state index contributed by atoms with van der Waals surface area (Å²) in [5.74, 6) is 1.00. The molecule has 19 heavy (non-hydrogen) atoms. The van der Waals surface area contributed by atoms with Crippen LogP contribution in [0.2, 0.25) is 0 Å². The summed E-state index contributed by atoms with van der Waals surface area (Å²) in [4.78, 5) is 47.6. The molecular weight excluding hydrogens is 254 g/mol. The number of amides is 1. The van der Waals surface area contributed by atoms with Gasteiger partial charge >= 0.3 is 5.69 Å². The molecule has 0 saturated carbocycles. The first-order valence-corrected chi connectivity index (χ1v) is 5.52. The maximum atomic E-state index is 11.7. The lowest BCUT2D eigenvalue weighted by Gasteiger charge is -2.23. The van der Waals surface area contributed by atoms with E-state index in [1.807, 2.05) is 4.98 Å². The molecule has 0 aromatic carbocycles. The fraction of sp³-hybridized carbons (Fsp3) is 0.364. The molecule has 2 rings (SSSR count). The van der Waals surface area contributed by atoms with Crippen LogP contribution >= 0.6 is 0 Å². The predicted octanol–water partition coefficient (Wildman–Crippen LogP) is -1.97. The Hall–Kier alpha value is -2.44. The highest BCUT2D eigenvalue weighted by Crippen LogP contribution is 2.11. The van der Waals surface area contributed by atoms with Crippen molar-refractivity contribution in [1.82, 2.24) is 14.9 Å². The lowest BCUT2D eigenvalue weighted by molar-refractivity contribution is -0.133. The molecule has 8 heteroatoms. The molecule has 1 saturated heterocycles. The second kappa shape index (κ2) is 5.05. The third-order valence-electron chi connectivity index (χ3n) is 2.66. The Kier molecular flexibility index (Phi) is 3.46. The number of H-pyrrole nitrogens is 1. The van der Waals surface area contributed by atoms with Gasteiger partial charge in [0.15, 0.2) is 11.8 Å². The van der Waals surface area contributed by atoms with Gasteiger partial charge in [-0.25, -0.2) is 9.59 Å². The van der Waals surface area contributed by atoms with Crippen LogP contribution in [0.5, 0.6) is 0 Å². The van der Waals surface area contributed by atoms with Crippen LogP contribution in [0.15, 0.2) is 15.8 Å². The highest BCUT2D eigenvalue weighted by Gasteiger charge is 2.30. The number of morpholine rings is 1. The zero-order valence-electron chi connectivity index (χ0n) is 10.1. The molecule has 1 atom stereocenters. The smallest absolute Gasteiger partial charge is 0.333 e. The van der Waals surface area contributed by atoms with Crippen molar-refractivity contribution in [2.24, 2.45) is 0 Å². The van der Waals surface area contributed by atoms with Crippen molar-refractivity contribution < 1.29 is 14.3 Å². The number of hydrogen-bond donors (Lipinski definition) is 2. The molecule has 1 aromatic heterocycles. The average molecular weight is 265 g/mol. The summed E-state index contributed by atoms with van der Waals surface area (Å²) in [5, 5.41) is 2.51. The van der Waals surface area contributed by atoms with E-state index in [0.717, 1.165) is 4.57 Å². The minimum absolute atomic E-state index is 0.221. The maximum Gasteiger partial charge on any atom is 0.333 e. The summed E-state index contributed by atoms with van der Waals surface area (Å²) < 4.78 is 6.02. The van der Waals surface area contributed by atoms with Crippen molar-refractivity contribution in [1.29, 1.82) is 0 Å². The van der Waals surface area contributed by atoms with Crippen molar-refractivity contribution in [3.05, 3.63) is 32.6 Å². The SMILES string of the molecule is Cc1cn(C(=C=O)C2OCCNC2=O)c(=O)[nH]c1=O. The summed E-state index contributed by atoms with van der Waals surface area (Å²) in [6, 6.07) is 0. The molecule has 0 radical (unpaired) electrons. The molecule has 1 amide bonds. The standard InChI is InChI=1S/C11H11N3O5/c1-6-4-14(11(18)13-9(6)16)7(5-15)8-10(17)12-2-3-19-8/h4,8H,2-3H2,1H3,(H,12,17)(H,13,16,18). The van der Waals surface area contributed by atoms with E-state index in [-0.39, 0.29) is 17.9 Å². The fourth-order valence-electron chi connectivity index (χ4n) is 1.70. The van der Waals surface area contributed by atoms with E-state index in [0.29, 0.717) is 6.54 Å². The topological polar surface area (TPSA) is 110 Å². The van der Waals surface area contributed by atoms with Gasteiger partial charge in [0, 0.05) is 18.3 Å². The molecule has 8 nitrogen and oxygen atoms in total. The highest BCUT2D eigenvalue weighted by molar-refractivity contribution is 5.97. The van der Waals surface area contributed by atoms with E-state index in [4.69, 9.17) is 4.74 Å². The first kappa shape index (κ1) is 13.0. The Morgan fingerprint density at radius 3 is 2.84 bits per heavy atom. The Morgan fingerprint density at radius 2 is 2.21 bits per heavy atom. The third kappa shape index (κ3) is 2.40. The molecule has 0 aliphatic carbocycles. The lowest BCUT2D eigenvalue weighted by atomic mass is 10.2. The Balaban J connectivity index is 2.52. The number of nitrogens with one attached hydrogen (secondary N) is 2. The molecular formula is C11H11N3O5. The lowest BCUT2D eigenvalue weighted by Crippen LogP contribution is -2.47. The Labute approximate surface area is 106 Å². The van der Waals surface area contributed by atoms with E-state index in [9.17, 15) is 19.2 Å². The van der Waals surface area contributed by atoms with E-state index in [1.54, 1.807) is 0 Å². The second-order valence-electron chi connectivity index (χ2n) is 3.97. The molecule has 0 bridgehead atoms. The molecule has 1 unspecified atom stereocenters. The Bertz CT molecular complexity index is 680. The Morgan fingerprint density at radius 1 is 1.47 bits per heavy atom. The number of aromatic nitrogens is 2. The van der Waals surface area contributed by atoms with Gasteiger partial charge in [0.25, 0.3) is 11.5 Å². The van der Waals surface area contributed by atoms with Gasteiger partial charge in [-0.3, -0.25) is 19.1 Å². The first-order chi connectivity index (χ1) is 9.04. The molecule has 1 fully saturated rings. The first-order valence-electron chi connectivity index (χ1n) is 5.52. The normalized spacial score (nSPS) is 18.6. The summed E-state index contributed by atoms with van der Waals surface area (Å²) >= 11 is 0. The fourth-order valence-corrected chi connectivity index (χ4v) is 1.70. The van der Waals surface area contributed by atoms with Crippen LogP contribution < -0.4 is 16.6 Å². The third-order valence-corrected chi connectivity index (χ3v) is 2.66. The summed E-state index contributed by atoms with van der Waals surface area (Å²) in [6.07, 6.45) is -0.0404. The van der Waals surface area contributed by atoms with Crippen molar-refractivity contribution in [3.63, 3.8) is 0 Å². The molecule has 0 spiro atoms. The van der Waals surface area contributed by atoms with Crippen LogP contribution in [0.4, 0.5) is 0 Å². The van der Waals surface area contributed by atoms with E-state index < -0.39 is 23.3 Å². The van der Waals surface area contributed by atoms with E-state index in [1.165, 1.54) is 19.1 Å². The van der Waals surface area contributed by atoms with Crippen molar-refractivity contribution in [3.8, 4) is 0 Å². The summed E-state index contributed by atoms with van der Waals surface area (Å²) in [7, 11) is 0. The van der Waals surface area contributed by atoms with Crippen LogP contribution in [0.25, 0.3) is 5.70 Å². The zero-order chi connectivity index (χ0) is 14.0. The second-order valence-corrected chi connectivity index (χ2v) is 3.97.